The van der Waals surface area contributed by atoms with Crippen LogP contribution in [0.4, 0.5) is 0 Å². The van der Waals surface area contributed by atoms with Gasteiger partial charge in [-0.1, -0.05) is 12.2 Å². The second kappa shape index (κ2) is 9.12. The van der Waals surface area contributed by atoms with Crippen LogP contribution < -0.4 is 14.8 Å². The predicted octanol–water partition coefficient (Wildman–Crippen LogP) is 0.981. The minimum absolute atomic E-state index is 0.0773. The first-order valence-corrected chi connectivity index (χ1v) is 6.69. The fourth-order valence-electron chi connectivity index (χ4n) is 1.69. The van der Waals surface area contributed by atoms with Crippen molar-refractivity contribution in [3.8, 4) is 23.3 Å². The number of phenols is 1. The molecule has 1 aromatic carbocycles. The van der Waals surface area contributed by atoms with Crippen LogP contribution in [0.25, 0.3) is 6.08 Å². The van der Waals surface area contributed by atoms with Crippen LogP contribution in [0.3, 0.4) is 0 Å². The number of benzene rings is 1. The summed E-state index contributed by atoms with van der Waals surface area (Å²) in [6.45, 7) is -0.124. The van der Waals surface area contributed by atoms with E-state index < -0.39 is 5.91 Å². The molecule has 7 heteroatoms. The highest BCUT2D eigenvalue weighted by molar-refractivity contribution is 5.97. The van der Waals surface area contributed by atoms with Crippen molar-refractivity contribution in [1.29, 1.82) is 5.26 Å². The summed E-state index contributed by atoms with van der Waals surface area (Å²) in [6.07, 6.45) is 4.49. The number of aliphatic hydroxyl groups excluding tert-OH is 1. The maximum Gasteiger partial charge on any atom is 0.262 e. The number of carbonyl (C=O) groups is 1. The zero-order chi connectivity index (χ0) is 17.2. The van der Waals surface area contributed by atoms with E-state index in [1.807, 2.05) is 0 Å². The Balaban J connectivity index is 2.98. The number of amides is 1. The molecule has 122 valence electrons. The summed E-state index contributed by atoms with van der Waals surface area (Å²) >= 11 is 0. The fraction of sp³-hybridized carbons (Fsp3) is 0.250. The lowest BCUT2D eigenvalue weighted by Crippen LogP contribution is -2.27. The van der Waals surface area contributed by atoms with Gasteiger partial charge in [-0.05, 0) is 23.8 Å². The number of hydrogen-bond donors (Lipinski definition) is 3. The van der Waals surface area contributed by atoms with Gasteiger partial charge in [-0.2, -0.15) is 5.26 Å². The zero-order valence-electron chi connectivity index (χ0n) is 12.9. The monoisotopic (exact) mass is 318 g/mol. The van der Waals surface area contributed by atoms with Crippen LogP contribution in [0, 0.1) is 11.3 Å². The number of aromatic hydroxyl groups is 1. The van der Waals surface area contributed by atoms with E-state index in [1.54, 1.807) is 24.3 Å². The molecule has 0 aliphatic carbocycles. The number of nitrogens with zero attached hydrogens (tertiary/aromatic N) is 1. The SMILES string of the molecule is COc1cc(C=CC=C(C#N)C(=O)NCCO)cc(OC)c1O. The highest BCUT2D eigenvalue weighted by atomic mass is 16.5. The van der Waals surface area contributed by atoms with Gasteiger partial charge in [0.1, 0.15) is 11.6 Å². The van der Waals surface area contributed by atoms with Crippen LogP contribution in [0.1, 0.15) is 5.56 Å². The molecule has 3 N–H and O–H groups in total. The molecular weight excluding hydrogens is 300 g/mol. The maximum atomic E-state index is 11.6. The Kier molecular flexibility index (Phi) is 7.17. The molecule has 0 atom stereocenters. The van der Waals surface area contributed by atoms with Gasteiger partial charge >= 0.3 is 0 Å². The molecule has 0 saturated carbocycles. The van der Waals surface area contributed by atoms with Gasteiger partial charge in [0, 0.05) is 6.54 Å². The fourth-order valence-corrected chi connectivity index (χ4v) is 1.69. The lowest BCUT2D eigenvalue weighted by atomic mass is 10.1. The van der Waals surface area contributed by atoms with E-state index in [2.05, 4.69) is 5.32 Å². The molecule has 0 aliphatic rings. The maximum absolute atomic E-state index is 11.6. The summed E-state index contributed by atoms with van der Waals surface area (Å²) in [5.74, 6) is -0.181. The number of hydrogen-bond acceptors (Lipinski definition) is 6. The Bertz CT molecular complexity index is 634. The van der Waals surface area contributed by atoms with Crippen molar-refractivity contribution >= 4 is 12.0 Å². The average molecular weight is 318 g/mol. The van der Waals surface area contributed by atoms with Crippen molar-refractivity contribution in [2.75, 3.05) is 27.4 Å². The van der Waals surface area contributed by atoms with E-state index in [0.717, 1.165) is 0 Å². The standard InChI is InChI=1S/C16H18N2O5/c1-22-13-8-11(9-14(23-2)15(13)20)4-3-5-12(10-17)16(21)18-6-7-19/h3-5,8-9,19-20H,6-7H2,1-2H3,(H,18,21). The highest BCUT2D eigenvalue weighted by Gasteiger charge is 2.10. The molecule has 0 unspecified atom stereocenters. The van der Waals surface area contributed by atoms with E-state index in [4.69, 9.17) is 19.8 Å². The molecule has 0 aromatic heterocycles. The minimum atomic E-state index is -0.563. The van der Waals surface area contributed by atoms with Gasteiger partial charge in [0.25, 0.3) is 5.91 Å². The highest BCUT2D eigenvalue weighted by Crippen LogP contribution is 2.37. The summed E-state index contributed by atoms with van der Waals surface area (Å²) in [5.41, 5.74) is 0.563. The minimum Gasteiger partial charge on any atom is -0.502 e. The van der Waals surface area contributed by atoms with Crippen LogP contribution in [0.15, 0.2) is 29.9 Å². The largest absolute Gasteiger partial charge is 0.502 e. The number of ether oxygens (including phenoxy) is 2. The molecule has 0 spiro atoms. The van der Waals surface area contributed by atoms with Crippen molar-refractivity contribution in [1.82, 2.24) is 5.32 Å². The number of aliphatic hydroxyl groups is 1. The van der Waals surface area contributed by atoms with Crippen LogP contribution >= 0.6 is 0 Å². The van der Waals surface area contributed by atoms with Gasteiger partial charge in [0.2, 0.25) is 5.75 Å². The first-order valence-electron chi connectivity index (χ1n) is 6.69. The number of allylic oxidation sites excluding steroid dienone is 2. The van der Waals surface area contributed by atoms with Gasteiger partial charge in [-0.3, -0.25) is 4.79 Å². The Morgan fingerprint density at radius 1 is 1.35 bits per heavy atom. The van der Waals surface area contributed by atoms with Crippen LogP contribution in [0.5, 0.6) is 17.2 Å². The Labute approximate surface area is 134 Å². The summed E-state index contributed by atoms with van der Waals surface area (Å²) in [7, 11) is 2.84. The van der Waals surface area contributed by atoms with Crippen LogP contribution in [-0.4, -0.2) is 43.5 Å². The molecular formula is C16H18N2O5. The molecule has 0 saturated heterocycles. The third-order valence-corrected chi connectivity index (χ3v) is 2.82. The third kappa shape index (κ3) is 5.05. The second-order valence-corrected chi connectivity index (χ2v) is 4.30. The first kappa shape index (κ1) is 18.1. The van der Waals surface area contributed by atoms with Crippen LogP contribution in [-0.2, 0) is 4.79 Å². The average Bonchev–Trinajstić information content (AvgIpc) is 2.57. The van der Waals surface area contributed by atoms with E-state index >= 15 is 0 Å². The molecule has 1 aromatic rings. The molecule has 0 aliphatic heterocycles. The number of nitriles is 1. The molecule has 0 fully saturated rings. The van der Waals surface area contributed by atoms with Crippen molar-refractivity contribution in [3.63, 3.8) is 0 Å². The van der Waals surface area contributed by atoms with E-state index in [-0.39, 0.29) is 36.0 Å². The van der Waals surface area contributed by atoms with E-state index in [9.17, 15) is 9.90 Å². The van der Waals surface area contributed by atoms with Gasteiger partial charge < -0.3 is 25.0 Å². The van der Waals surface area contributed by atoms with Crippen LogP contribution in [0.2, 0.25) is 0 Å². The summed E-state index contributed by atoms with van der Waals surface area (Å²) < 4.78 is 10.1. The number of phenolic OH excluding ortho intramolecular Hbond substituents is 1. The van der Waals surface area contributed by atoms with Crippen molar-refractivity contribution in [3.05, 3.63) is 35.4 Å². The molecule has 0 radical (unpaired) electrons. The normalized spacial score (nSPS) is 11.1. The van der Waals surface area contributed by atoms with Gasteiger partial charge in [0.15, 0.2) is 11.5 Å². The lowest BCUT2D eigenvalue weighted by molar-refractivity contribution is -0.117. The van der Waals surface area contributed by atoms with Crippen molar-refractivity contribution in [2.45, 2.75) is 0 Å². The third-order valence-electron chi connectivity index (χ3n) is 2.82. The second-order valence-electron chi connectivity index (χ2n) is 4.30. The number of methoxy groups -OCH3 is 2. The molecule has 23 heavy (non-hydrogen) atoms. The quantitative estimate of drug-likeness (QED) is 0.392. The summed E-state index contributed by atoms with van der Waals surface area (Å²) in [5, 5.41) is 29.8. The predicted molar refractivity (Wildman–Crippen MR) is 84.0 cm³/mol. The van der Waals surface area contributed by atoms with Gasteiger partial charge in [-0.25, -0.2) is 0 Å². The number of nitrogens with one attached hydrogen (secondary N) is 1. The Morgan fingerprint density at radius 3 is 2.43 bits per heavy atom. The lowest BCUT2D eigenvalue weighted by Gasteiger charge is -2.09. The molecule has 0 heterocycles. The molecule has 0 bridgehead atoms. The van der Waals surface area contributed by atoms with Crippen molar-refractivity contribution < 1.29 is 24.5 Å². The van der Waals surface area contributed by atoms with Gasteiger partial charge in [-0.15, -0.1) is 0 Å². The Morgan fingerprint density at radius 2 is 1.96 bits per heavy atom. The summed E-state index contributed by atoms with van der Waals surface area (Å²) in [4.78, 5) is 11.6. The van der Waals surface area contributed by atoms with E-state index in [0.29, 0.717) is 5.56 Å². The number of rotatable bonds is 7. The smallest absolute Gasteiger partial charge is 0.262 e. The Hall–Kier alpha value is -2.98. The van der Waals surface area contributed by atoms with E-state index in [1.165, 1.54) is 26.4 Å². The van der Waals surface area contributed by atoms with Gasteiger partial charge in [0.05, 0.1) is 20.8 Å². The topological polar surface area (TPSA) is 112 Å². The molecule has 1 amide bonds. The first-order chi connectivity index (χ1) is 11.1. The molecule has 1 rings (SSSR count). The van der Waals surface area contributed by atoms with Crippen molar-refractivity contribution in [2.24, 2.45) is 0 Å². The zero-order valence-corrected chi connectivity index (χ0v) is 12.9. The summed E-state index contributed by atoms with van der Waals surface area (Å²) in [6, 6.07) is 4.94. The molecule has 7 nitrogen and oxygen atoms in total. The number of carbonyl (C=O) groups excluding carboxylic acids is 1.